The molecule has 2 aliphatic rings. The van der Waals surface area contributed by atoms with Crippen molar-refractivity contribution in [2.45, 2.75) is 37.6 Å². The zero-order valence-corrected chi connectivity index (χ0v) is 12.3. The van der Waals surface area contributed by atoms with E-state index in [4.69, 9.17) is 4.74 Å². The second kappa shape index (κ2) is 6.24. The molecule has 1 aliphatic heterocycles. The third-order valence-electron chi connectivity index (χ3n) is 4.84. The molecule has 114 valence electrons. The number of rotatable bonds is 4. The van der Waals surface area contributed by atoms with Crippen LogP contribution < -0.4 is 0 Å². The average Bonchev–Trinajstić information content (AvgIpc) is 3.01. The molecule has 1 heterocycles. The monoisotopic (exact) mass is 291 g/mol. The zero-order valence-electron chi connectivity index (χ0n) is 12.3. The van der Waals surface area contributed by atoms with Crippen molar-refractivity contribution in [2.75, 3.05) is 26.3 Å². The van der Waals surface area contributed by atoms with Crippen molar-refractivity contribution in [2.24, 2.45) is 0 Å². The lowest BCUT2D eigenvalue weighted by Gasteiger charge is -2.42. The van der Waals surface area contributed by atoms with Gasteiger partial charge in [0.05, 0.1) is 18.8 Å². The molecule has 3 nitrogen and oxygen atoms in total. The van der Waals surface area contributed by atoms with Crippen molar-refractivity contribution in [3.63, 3.8) is 0 Å². The van der Waals surface area contributed by atoms with E-state index in [9.17, 15) is 9.18 Å². The van der Waals surface area contributed by atoms with E-state index in [1.54, 1.807) is 12.1 Å². The molecule has 3 rings (SSSR count). The van der Waals surface area contributed by atoms with Crippen molar-refractivity contribution >= 4 is 5.78 Å². The van der Waals surface area contributed by atoms with E-state index >= 15 is 0 Å². The molecule has 21 heavy (non-hydrogen) atoms. The van der Waals surface area contributed by atoms with Gasteiger partial charge in [-0.3, -0.25) is 9.69 Å². The van der Waals surface area contributed by atoms with Gasteiger partial charge in [0.25, 0.3) is 0 Å². The number of morpholine rings is 1. The first-order chi connectivity index (χ1) is 10.2. The molecule has 0 spiro atoms. The number of nitrogens with zero attached hydrogens (tertiary/aromatic N) is 1. The van der Waals surface area contributed by atoms with Gasteiger partial charge in [0, 0.05) is 19.5 Å². The molecule has 0 N–H and O–H groups in total. The molecule has 0 unspecified atom stereocenters. The summed E-state index contributed by atoms with van der Waals surface area (Å²) in [6.45, 7) is 3.11. The quantitative estimate of drug-likeness (QED) is 0.854. The Balaban J connectivity index is 1.76. The van der Waals surface area contributed by atoms with Crippen LogP contribution in [0.3, 0.4) is 0 Å². The highest BCUT2D eigenvalue weighted by Gasteiger charge is 2.45. The maximum Gasteiger partial charge on any atom is 0.157 e. The van der Waals surface area contributed by atoms with Gasteiger partial charge in [0.2, 0.25) is 0 Å². The Labute approximate surface area is 125 Å². The highest BCUT2D eigenvalue weighted by Crippen LogP contribution is 2.37. The summed E-state index contributed by atoms with van der Waals surface area (Å²) < 4.78 is 18.4. The fourth-order valence-corrected chi connectivity index (χ4v) is 3.67. The minimum absolute atomic E-state index is 0.255. The first kappa shape index (κ1) is 14.7. The Bertz CT molecular complexity index is 488. The van der Waals surface area contributed by atoms with Crippen molar-refractivity contribution in [1.29, 1.82) is 0 Å². The number of ketones is 1. The van der Waals surface area contributed by atoms with E-state index in [1.807, 2.05) is 0 Å². The first-order valence-electron chi connectivity index (χ1n) is 7.81. The maximum atomic E-state index is 13.0. The molecule has 1 aliphatic carbocycles. The summed E-state index contributed by atoms with van der Waals surface area (Å²) in [6, 6.07) is 6.29. The van der Waals surface area contributed by atoms with Gasteiger partial charge in [-0.1, -0.05) is 25.0 Å². The smallest absolute Gasteiger partial charge is 0.157 e. The highest BCUT2D eigenvalue weighted by molar-refractivity contribution is 5.90. The highest BCUT2D eigenvalue weighted by atomic mass is 19.1. The fraction of sp³-hybridized carbons (Fsp3) is 0.588. The van der Waals surface area contributed by atoms with Crippen LogP contribution in [0.25, 0.3) is 0 Å². The van der Waals surface area contributed by atoms with Crippen LogP contribution in [0.15, 0.2) is 24.3 Å². The van der Waals surface area contributed by atoms with Crippen LogP contribution in [0.1, 0.15) is 31.2 Å². The second-order valence-electron chi connectivity index (χ2n) is 6.06. The molecule has 1 aromatic carbocycles. The van der Waals surface area contributed by atoms with E-state index in [-0.39, 0.29) is 17.1 Å². The van der Waals surface area contributed by atoms with Gasteiger partial charge in [0.1, 0.15) is 5.82 Å². The molecule has 0 amide bonds. The summed E-state index contributed by atoms with van der Waals surface area (Å²) in [6.07, 6.45) is 4.54. The molecule has 1 aromatic rings. The number of benzene rings is 1. The molecule has 1 saturated carbocycles. The van der Waals surface area contributed by atoms with Crippen LogP contribution in [0.4, 0.5) is 4.39 Å². The molecule has 4 heteroatoms. The predicted octanol–water partition coefficient (Wildman–Crippen LogP) is 2.58. The van der Waals surface area contributed by atoms with Crippen LogP contribution in [0.2, 0.25) is 0 Å². The number of hydrogen-bond acceptors (Lipinski definition) is 3. The van der Waals surface area contributed by atoms with Crippen molar-refractivity contribution in [1.82, 2.24) is 4.90 Å². The number of Topliss-reactive ketones (excluding diaryl/α,β-unsaturated/α-hetero) is 1. The van der Waals surface area contributed by atoms with E-state index in [0.717, 1.165) is 44.3 Å². The van der Waals surface area contributed by atoms with E-state index < -0.39 is 0 Å². The van der Waals surface area contributed by atoms with Crippen LogP contribution in [0.5, 0.6) is 0 Å². The van der Waals surface area contributed by atoms with Crippen molar-refractivity contribution in [3.05, 3.63) is 35.6 Å². The average molecular weight is 291 g/mol. The predicted molar refractivity (Wildman–Crippen MR) is 78.7 cm³/mol. The zero-order chi connectivity index (χ0) is 14.7. The second-order valence-corrected chi connectivity index (χ2v) is 6.06. The lowest BCUT2D eigenvalue weighted by atomic mass is 9.86. The van der Waals surface area contributed by atoms with Crippen LogP contribution in [-0.2, 0) is 16.0 Å². The van der Waals surface area contributed by atoms with Gasteiger partial charge in [0.15, 0.2) is 5.78 Å². The van der Waals surface area contributed by atoms with Gasteiger partial charge in [-0.05, 0) is 30.5 Å². The normalized spacial score (nSPS) is 22.3. The summed E-state index contributed by atoms with van der Waals surface area (Å²) in [4.78, 5) is 15.3. The van der Waals surface area contributed by atoms with Crippen LogP contribution in [0, 0.1) is 5.82 Å². The molecule has 1 saturated heterocycles. The third-order valence-corrected chi connectivity index (χ3v) is 4.84. The minimum Gasteiger partial charge on any atom is -0.379 e. The number of hydrogen-bond donors (Lipinski definition) is 0. The Morgan fingerprint density at radius 2 is 1.76 bits per heavy atom. The standard InChI is InChI=1S/C17H22FNO2/c18-15-5-3-14(4-6-15)13-16(20)17(7-1-2-8-17)19-9-11-21-12-10-19/h3-6H,1-2,7-13H2. The summed E-state index contributed by atoms with van der Waals surface area (Å²) in [5.74, 6) is 0.0310. The summed E-state index contributed by atoms with van der Waals surface area (Å²) in [7, 11) is 0. The number of carbonyl (C=O) groups is 1. The van der Waals surface area contributed by atoms with E-state index in [0.29, 0.717) is 19.6 Å². The molecule has 0 aromatic heterocycles. The first-order valence-corrected chi connectivity index (χ1v) is 7.81. The number of halogens is 1. The van der Waals surface area contributed by atoms with Crippen LogP contribution in [-0.4, -0.2) is 42.5 Å². The van der Waals surface area contributed by atoms with Gasteiger partial charge in [-0.25, -0.2) is 4.39 Å². The Kier molecular flexibility index (Phi) is 4.36. The molecule has 0 atom stereocenters. The van der Waals surface area contributed by atoms with Crippen LogP contribution >= 0.6 is 0 Å². The van der Waals surface area contributed by atoms with Crippen molar-refractivity contribution < 1.29 is 13.9 Å². The lowest BCUT2D eigenvalue weighted by molar-refractivity contribution is -0.133. The molecule has 2 fully saturated rings. The van der Waals surface area contributed by atoms with E-state index in [2.05, 4.69) is 4.90 Å². The summed E-state index contributed by atoms with van der Waals surface area (Å²) in [5, 5.41) is 0. The topological polar surface area (TPSA) is 29.5 Å². The third kappa shape index (κ3) is 3.01. The summed E-state index contributed by atoms with van der Waals surface area (Å²) in [5.41, 5.74) is 0.596. The van der Waals surface area contributed by atoms with Gasteiger partial charge in [-0.15, -0.1) is 0 Å². The van der Waals surface area contributed by atoms with Gasteiger partial charge < -0.3 is 4.74 Å². The van der Waals surface area contributed by atoms with E-state index in [1.165, 1.54) is 12.1 Å². The molecule has 0 bridgehead atoms. The Morgan fingerprint density at radius 1 is 1.14 bits per heavy atom. The molecular weight excluding hydrogens is 269 g/mol. The fourth-order valence-electron chi connectivity index (χ4n) is 3.67. The van der Waals surface area contributed by atoms with Crippen molar-refractivity contribution in [3.8, 4) is 0 Å². The maximum absolute atomic E-state index is 13.0. The number of ether oxygens (including phenoxy) is 1. The van der Waals surface area contributed by atoms with Gasteiger partial charge >= 0.3 is 0 Å². The minimum atomic E-state index is -0.307. The largest absolute Gasteiger partial charge is 0.379 e. The number of carbonyl (C=O) groups excluding carboxylic acids is 1. The Morgan fingerprint density at radius 3 is 2.38 bits per heavy atom. The lowest BCUT2D eigenvalue weighted by Crippen LogP contribution is -2.57. The SMILES string of the molecule is O=C(Cc1ccc(F)cc1)C1(N2CCOCC2)CCCC1. The molecular formula is C17H22FNO2. The molecule has 0 radical (unpaired) electrons. The summed E-state index contributed by atoms with van der Waals surface area (Å²) >= 11 is 0. The Hall–Kier alpha value is -1.26. The van der Waals surface area contributed by atoms with Gasteiger partial charge in [-0.2, -0.15) is 0 Å².